The van der Waals surface area contributed by atoms with Gasteiger partial charge >= 0.3 is 6.43 Å². The van der Waals surface area contributed by atoms with Gasteiger partial charge < -0.3 is 9.73 Å². The molecule has 0 amide bonds. The van der Waals surface area contributed by atoms with Crippen LogP contribution in [0.1, 0.15) is 30.7 Å². The molecule has 0 bridgehead atoms. The Morgan fingerprint density at radius 3 is 2.47 bits per heavy atom. The van der Waals surface area contributed by atoms with Crippen molar-refractivity contribution in [1.29, 1.82) is 0 Å². The molecular formula is C21H21ClF2N4O3S. The van der Waals surface area contributed by atoms with Crippen LogP contribution in [0.2, 0.25) is 5.02 Å². The topological polar surface area (TPSA) is 88.3 Å². The zero-order valence-electron chi connectivity index (χ0n) is 16.9. The summed E-state index contributed by atoms with van der Waals surface area (Å²) >= 11 is 6.13. The third kappa shape index (κ3) is 4.92. The molecule has 0 aliphatic carbocycles. The number of piperidine rings is 1. The smallest absolute Gasteiger partial charge is 0.314 e. The lowest BCUT2D eigenvalue weighted by Crippen LogP contribution is -2.43. The minimum atomic E-state index is -3.65. The van der Waals surface area contributed by atoms with E-state index in [1.807, 2.05) is 0 Å². The standard InChI is InChI=1S/C21H21ClF2N4O3S/c22-16-2-1-3-17(12-16)28(32(29,30)18-8-10-25-11-9-18)13-14-4-6-15(7-5-14)20-26-27-21(31-20)19(23)24/h1-7,12,18-19,25H,8-11,13H2. The number of alkyl halides is 2. The molecule has 1 aromatic heterocycles. The van der Waals surface area contributed by atoms with Crippen LogP contribution in [0.15, 0.2) is 52.9 Å². The number of benzene rings is 2. The van der Waals surface area contributed by atoms with Crippen LogP contribution >= 0.6 is 11.6 Å². The molecule has 0 atom stereocenters. The van der Waals surface area contributed by atoms with Crippen LogP contribution in [0.25, 0.3) is 11.5 Å². The fourth-order valence-electron chi connectivity index (χ4n) is 3.59. The lowest BCUT2D eigenvalue weighted by molar-refractivity contribution is 0.116. The number of hydrogen-bond acceptors (Lipinski definition) is 6. The van der Waals surface area contributed by atoms with Gasteiger partial charge in [0.05, 0.1) is 17.5 Å². The van der Waals surface area contributed by atoms with Gasteiger partial charge in [-0.2, -0.15) is 8.78 Å². The highest BCUT2D eigenvalue weighted by molar-refractivity contribution is 7.93. The lowest BCUT2D eigenvalue weighted by atomic mass is 10.1. The van der Waals surface area contributed by atoms with Crippen molar-refractivity contribution in [3.8, 4) is 11.5 Å². The highest BCUT2D eigenvalue weighted by atomic mass is 35.5. The maximum atomic E-state index is 13.5. The first-order chi connectivity index (χ1) is 15.3. The van der Waals surface area contributed by atoms with Gasteiger partial charge in [0.15, 0.2) is 0 Å². The lowest BCUT2D eigenvalue weighted by Gasteiger charge is -2.31. The van der Waals surface area contributed by atoms with Gasteiger partial charge in [-0.3, -0.25) is 4.31 Å². The second kappa shape index (κ2) is 9.51. The van der Waals surface area contributed by atoms with Gasteiger partial charge in [-0.05, 0) is 61.8 Å². The van der Waals surface area contributed by atoms with E-state index >= 15 is 0 Å². The van der Waals surface area contributed by atoms with Gasteiger partial charge in [0.1, 0.15) is 0 Å². The molecule has 170 valence electrons. The van der Waals surface area contributed by atoms with Crippen molar-refractivity contribution in [2.24, 2.45) is 0 Å². The highest BCUT2D eigenvalue weighted by Gasteiger charge is 2.33. The quantitative estimate of drug-likeness (QED) is 0.536. The molecule has 32 heavy (non-hydrogen) atoms. The maximum absolute atomic E-state index is 13.5. The third-order valence-corrected chi connectivity index (χ3v) is 7.77. The van der Waals surface area contributed by atoms with Crippen LogP contribution in [0.4, 0.5) is 14.5 Å². The predicted octanol–water partition coefficient (Wildman–Crippen LogP) is 4.42. The molecule has 0 unspecified atom stereocenters. The van der Waals surface area contributed by atoms with Crippen LogP contribution in [0, 0.1) is 0 Å². The average molecular weight is 483 g/mol. The van der Waals surface area contributed by atoms with E-state index in [9.17, 15) is 17.2 Å². The van der Waals surface area contributed by atoms with Crippen molar-refractivity contribution in [3.05, 3.63) is 65.0 Å². The summed E-state index contributed by atoms with van der Waals surface area (Å²) in [6, 6.07) is 13.4. The number of sulfonamides is 1. The van der Waals surface area contributed by atoms with Gasteiger partial charge in [0.2, 0.25) is 15.9 Å². The average Bonchev–Trinajstić information content (AvgIpc) is 3.29. The molecule has 2 aromatic carbocycles. The molecule has 11 heteroatoms. The van der Waals surface area contributed by atoms with E-state index in [4.69, 9.17) is 16.0 Å². The molecule has 1 fully saturated rings. The van der Waals surface area contributed by atoms with E-state index in [0.29, 0.717) is 47.8 Å². The molecule has 1 N–H and O–H groups in total. The Kier molecular flexibility index (Phi) is 6.73. The van der Waals surface area contributed by atoms with Crippen molar-refractivity contribution in [1.82, 2.24) is 15.5 Å². The largest absolute Gasteiger partial charge is 0.415 e. The Labute approximate surface area is 189 Å². The SMILES string of the molecule is O=S(=O)(C1CCNCC1)N(Cc1ccc(-c2nnc(C(F)F)o2)cc1)c1cccc(Cl)c1. The molecule has 3 aromatic rings. The van der Waals surface area contributed by atoms with E-state index in [-0.39, 0.29) is 12.4 Å². The number of halogens is 3. The molecule has 2 heterocycles. The Morgan fingerprint density at radius 2 is 1.84 bits per heavy atom. The summed E-state index contributed by atoms with van der Waals surface area (Å²) in [4.78, 5) is 0. The van der Waals surface area contributed by atoms with Gasteiger partial charge in [-0.1, -0.05) is 29.8 Å². The van der Waals surface area contributed by atoms with E-state index < -0.39 is 27.6 Å². The summed E-state index contributed by atoms with van der Waals surface area (Å²) in [6.07, 6.45) is -1.79. The number of anilines is 1. The van der Waals surface area contributed by atoms with Crippen molar-refractivity contribution >= 4 is 27.3 Å². The van der Waals surface area contributed by atoms with E-state index in [2.05, 4.69) is 15.5 Å². The monoisotopic (exact) mass is 482 g/mol. The van der Waals surface area contributed by atoms with E-state index in [1.54, 1.807) is 48.5 Å². The normalized spacial score (nSPS) is 15.2. The first-order valence-electron chi connectivity index (χ1n) is 10.0. The molecular weight excluding hydrogens is 462 g/mol. The Hall–Kier alpha value is -2.56. The van der Waals surface area contributed by atoms with Gasteiger partial charge in [0, 0.05) is 10.6 Å². The molecule has 4 rings (SSSR count). The highest BCUT2D eigenvalue weighted by Crippen LogP contribution is 2.29. The number of nitrogens with one attached hydrogen (secondary N) is 1. The third-order valence-electron chi connectivity index (χ3n) is 5.27. The molecule has 1 aliphatic rings. The maximum Gasteiger partial charge on any atom is 0.314 e. The zero-order valence-corrected chi connectivity index (χ0v) is 18.5. The number of rotatable bonds is 7. The molecule has 0 radical (unpaired) electrons. The minimum Gasteiger partial charge on any atom is -0.415 e. The second-order valence-electron chi connectivity index (χ2n) is 7.42. The second-order valence-corrected chi connectivity index (χ2v) is 10.00. The van der Waals surface area contributed by atoms with E-state index in [1.165, 1.54) is 4.31 Å². The predicted molar refractivity (Wildman–Crippen MR) is 117 cm³/mol. The van der Waals surface area contributed by atoms with Crippen molar-refractivity contribution in [2.45, 2.75) is 31.1 Å². The van der Waals surface area contributed by atoms with E-state index in [0.717, 1.165) is 0 Å². The molecule has 0 saturated carbocycles. The van der Waals surface area contributed by atoms with Crippen LogP contribution in [-0.2, 0) is 16.6 Å². The Balaban J connectivity index is 1.62. The van der Waals surface area contributed by atoms with Gasteiger partial charge in [-0.15, -0.1) is 10.2 Å². The van der Waals surface area contributed by atoms with Crippen molar-refractivity contribution < 1.29 is 21.6 Å². The van der Waals surface area contributed by atoms with Crippen molar-refractivity contribution in [3.63, 3.8) is 0 Å². The molecule has 1 saturated heterocycles. The van der Waals surface area contributed by atoms with Crippen LogP contribution in [0.5, 0.6) is 0 Å². The number of aromatic nitrogens is 2. The van der Waals surface area contributed by atoms with Gasteiger partial charge in [-0.25, -0.2) is 8.42 Å². The summed E-state index contributed by atoms with van der Waals surface area (Å²) < 4.78 is 58.7. The summed E-state index contributed by atoms with van der Waals surface area (Å²) in [5.74, 6) is -0.773. The fourth-order valence-corrected chi connectivity index (χ4v) is 5.70. The van der Waals surface area contributed by atoms with Crippen molar-refractivity contribution in [2.75, 3.05) is 17.4 Å². The summed E-state index contributed by atoms with van der Waals surface area (Å²) in [7, 11) is -3.65. The first kappa shape index (κ1) is 22.6. The molecule has 7 nitrogen and oxygen atoms in total. The molecule has 0 spiro atoms. The van der Waals surface area contributed by atoms with Crippen LogP contribution in [-0.4, -0.2) is 37.0 Å². The Bertz CT molecular complexity index is 1170. The molecule has 1 aliphatic heterocycles. The summed E-state index contributed by atoms with van der Waals surface area (Å²) in [5.41, 5.74) is 1.65. The summed E-state index contributed by atoms with van der Waals surface area (Å²) in [6.45, 7) is 1.39. The summed E-state index contributed by atoms with van der Waals surface area (Å²) in [5, 5.41) is 10.1. The van der Waals surface area contributed by atoms with Gasteiger partial charge in [0.25, 0.3) is 5.89 Å². The Morgan fingerprint density at radius 1 is 1.12 bits per heavy atom. The minimum absolute atomic E-state index is 0.0270. The first-order valence-corrected chi connectivity index (χ1v) is 11.9. The van der Waals surface area contributed by atoms with Crippen LogP contribution in [0.3, 0.4) is 0 Å². The van der Waals surface area contributed by atoms with Crippen LogP contribution < -0.4 is 9.62 Å². The zero-order chi connectivity index (χ0) is 22.7. The fraction of sp³-hybridized carbons (Fsp3) is 0.333. The number of hydrogen-bond donors (Lipinski definition) is 1. The number of nitrogens with zero attached hydrogens (tertiary/aromatic N) is 3.